The first-order valence-corrected chi connectivity index (χ1v) is 16.8. The molecule has 0 bridgehead atoms. The molecule has 3 aromatic rings. The topological polar surface area (TPSA) is 0 Å². The molecule has 0 N–H and O–H groups in total. The minimum absolute atomic E-state index is 1.23. The Labute approximate surface area is 228 Å². The first-order valence-electron chi connectivity index (χ1n) is 14.4. The summed E-state index contributed by atoms with van der Waals surface area (Å²) in [6.45, 7) is 11.5. The van der Waals surface area contributed by atoms with Gasteiger partial charge in [0.05, 0.1) is 0 Å². The van der Waals surface area contributed by atoms with E-state index in [0.29, 0.717) is 0 Å². The van der Waals surface area contributed by atoms with Crippen molar-refractivity contribution >= 4 is 34.0 Å². The standard InChI is InChI=1S/C32H48S3/c1-6-9-12-15-18-26-21-24(4)33-30(26)29-23-28(20-17-14-11-8-3)32(35-29)31-27(22-25(5)34-31)19-16-13-10-7-2/h21-23H,6-20H2,1-5H3. The van der Waals surface area contributed by atoms with Crippen LogP contribution in [0.4, 0.5) is 0 Å². The molecule has 0 atom stereocenters. The Morgan fingerprint density at radius 3 is 1.34 bits per heavy atom. The van der Waals surface area contributed by atoms with Crippen molar-refractivity contribution < 1.29 is 0 Å². The Bertz CT molecular complexity index is 1000. The zero-order chi connectivity index (χ0) is 25.0. The van der Waals surface area contributed by atoms with Crippen LogP contribution >= 0.6 is 34.0 Å². The number of hydrogen-bond donors (Lipinski definition) is 0. The second-order valence-electron chi connectivity index (χ2n) is 10.3. The average Bonchev–Trinajstić information content (AvgIpc) is 3.53. The summed E-state index contributed by atoms with van der Waals surface area (Å²) < 4.78 is 0. The van der Waals surface area contributed by atoms with Gasteiger partial charge in [-0.25, -0.2) is 0 Å². The molecule has 3 heterocycles. The third kappa shape index (κ3) is 8.58. The van der Waals surface area contributed by atoms with Crippen LogP contribution in [0.2, 0.25) is 0 Å². The summed E-state index contributed by atoms with van der Waals surface area (Å²) in [6.07, 6.45) is 19.8. The summed E-state index contributed by atoms with van der Waals surface area (Å²) in [5, 5.41) is 0. The lowest BCUT2D eigenvalue weighted by molar-refractivity contribution is 0.666. The van der Waals surface area contributed by atoms with Crippen molar-refractivity contribution in [3.05, 3.63) is 44.6 Å². The minimum Gasteiger partial charge on any atom is -0.139 e. The molecule has 3 heteroatoms. The highest BCUT2D eigenvalue weighted by molar-refractivity contribution is 7.26. The third-order valence-electron chi connectivity index (χ3n) is 7.00. The molecule has 0 spiro atoms. The largest absolute Gasteiger partial charge is 0.139 e. The summed E-state index contributed by atoms with van der Waals surface area (Å²) in [5.41, 5.74) is 4.81. The molecule has 35 heavy (non-hydrogen) atoms. The van der Waals surface area contributed by atoms with Gasteiger partial charge < -0.3 is 0 Å². The van der Waals surface area contributed by atoms with E-state index in [0.717, 1.165) is 0 Å². The molecule has 0 radical (unpaired) electrons. The maximum Gasteiger partial charge on any atom is 0.0484 e. The van der Waals surface area contributed by atoms with Gasteiger partial charge in [0.25, 0.3) is 0 Å². The van der Waals surface area contributed by atoms with Crippen LogP contribution in [0.25, 0.3) is 19.5 Å². The lowest BCUT2D eigenvalue weighted by atomic mass is 10.0. The first-order chi connectivity index (χ1) is 17.1. The Kier molecular flexibility index (Phi) is 12.6. The molecule has 0 unspecified atom stereocenters. The lowest BCUT2D eigenvalue weighted by Crippen LogP contribution is -1.89. The fourth-order valence-corrected chi connectivity index (χ4v) is 8.73. The molecule has 194 valence electrons. The molecule has 0 fully saturated rings. The fourth-order valence-electron chi connectivity index (χ4n) is 5.05. The molecule has 0 amide bonds. The van der Waals surface area contributed by atoms with E-state index < -0.39 is 0 Å². The molecule has 3 aromatic heterocycles. The van der Waals surface area contributed by atoms with Gasteiger partial charge in [-0.3, -0.25) is 0 Å². The highest BCUT2D eigenvalue weighted by Crippen LogP contribution is 2.46. The number of rotatable bonds is 17. The van der Waals surface area contributed by atoms with Gasteiger partial charge in [-0.2, -0.15) is 0 Å². The summed E-state index contributed by atoms with van der Waals surface area (Å²) >= 11 is 6.16. The van der Waals surface area contributed by atoms with Gasteiger partial charge in [0.1, 0.15) is 0 Å². The molecule has 0 aliphatic carbocycles. The van der Waals surface area contributed by atoms with Crippen molar-refractivity contribution in [1.29, 1.82) is 0 Å². The molecule has 0 aromatic carbocycles. The Morgan fingerprint density at radius 1 is 0.457 bits per heavy atom. The Hall–Kier alpha value is -0.900. The number of hydrogen-bond acceptors (Lipinski definition) is 3. The van der Waals surface area contributed by atoms with Crippen LogP contribution in [0.3, 0.4) is 0 Å². The van der Waals surface area contributed by atoms with Crippen LogP contribution < -0.4 is 0 Å². The quantitative estimate of drug-likeness (QED) is 0.153. The third-order valence-corrected chi connectivity index (χ3v) is 10.7. The van der Waals surface area contributed by atoms with Gasteiger partial charge in [0.2, 0.25) is 0 Å². The van der Waals surface area contributed by atoms with Crippen molar-refractivity contribution in [2.24, 2.45) is 0 Å². The molecule has 0 aliphatic rings. The molecular formula is C32H48S3. The van der Waals surface area contributed by atoms with Gasteiger partial charge in [0, 0.05) is 29.3 Å². The monoisotopic (exact) mass is 528 g/mol. The van der Waals surface area contributed by atoms with Crippen LogP contribution in [0, 0.1) is 13.8 Å². The van der Waals surface area contributed by atoms with E-state index in [9.17, 15) is 0 Å². The maximum absolute atomic E-state index is 2.59. The van der Waals surface area contributed by atoms with E-state index in [1.165, 1.54) is 111 Å². The summed E-state index contributed by atoms with van der Waals surface area (Å²) in [4.78, 5) is 9.19. The zero-order valence-corrected chi connectivity index (χ0v) is 25.5. The summed E-state index contributed by atoms with van der Waals surface area (Å²) in [6, 6.07) is 7.55. The van der Waals surface area contributed by atoms with Gasteiger partial charge in [-0.15, -0.1) is 34.0 Å². The van der Waals surface area contributed by atoms with Crippen LogP contribution in [0.5, 0.6) is 0 Å². The van der Waals surface area contributed by atoms with Crippen molar-refractivity contribution in [2.45, 2.75) is 131 Å². The Morgan fingerprint density at radius 2 is 0.857 bits per heavy atom. The van der Waals surface area contributed by atoms with Crippen LogP contribution in [-0.4, -0.2) is 0 Å². The summed E-state index contributed by atoms with van der Waals surface area (Å²) in [7, 11) is 0. The minimum atomic E-state index is 1.23. The second-order valence-corrected chi connectivity index (χ2v) is 13.9. The van der Waals surface area contributed by atoms with Crippen molar-refractivity contribution in [2.75, 3.05) is 0 Å². The molecule has 0 nitrogen and oxygen atoms in total. The van der Waals surface area contributed by atoms with Crippen LogP contribution in [-0.2, 0) is 19.3 Å². The van der Waals surface area contributed by atoms with Gasteiger partial charge >= 0.3 is 0 Å². The molecule has 0 saturated carbocycles. The van der Waals surface area contributed by atoms with Gasteiger partial charge in [-0.1, -0.05) is 78.6 Å². The van der Waals surface area contributed by atoms with Crippen LogP contribution in [0.15, 0.2) is 18.2 Å². The van der Waals surface area contributed by atoms with Gasteiger partial charge in [0.15, 0.2) is 0 Å². The van der Waals surface area contributed by atoms with E-state index >= 15 is 0 Å². The van der Waals surface area contributed by atoms with Crippen LogP contribution in [0.1, 0.15) is 124 Å². The average molecular weight is 529 g/mol. The van der Waals surface area contributed by atoms with Gasteiger partial charge in [-0.05, 0) is 87.3 Å². The fraction of sp³-hybridized carbons (Fsp3) is 0.625. The number of unbranched alkanes of at least 4 members (excludes halogenated alkanes) is 9. The first kappa shape index (κ1) is 28.7. The smallest absolute Gasteiger partial charge is 0.0484 e. The van der Waals surface area contributed by atoms with E-state index in [-0.39, 0.29) is 0 Å². The maximum atomic E-state index is 2.59. The predicted octanol–water partition coefficient (Wildman–Crippen LogP) is 12.2. The predicted molar refractivity (Wildman–Crippen MR) is 164 cm³/mol. The SMILES string of the molecule is CCCCCCc1cc(C)sc1-c1cc(CCCCCC)c(-c2sc(C)cc2CCCCCC)s1. The number of aryl methyl sites for hydroxylation is 5. The van der Waals surface area contributed by atoms with E-state index in [1.54, 1.807) is 31.3 Å². The highest BCUT2D eigenvalue weighted by atomic mass is 32.1. The zero-order valence-electron chi connectivity index (χ0n) is 23.1. The normalized spacial score (nSPS) is 11.6. The van der Waals surface area contributed by atoms with E-state index in [2.05, 4.69) is 64.2 Å². The molecule has 0 saturated heterocycles. The number of thiophene rings is 3. The second kappa shape index (κ2) is 15.4. The van der Waals surface area contributed by atoms with E-state index in [1.807, 2.05) is 22.7 Å². The van der Waals surface area contributed by atoms with Crippen molar-refractivity contribution in [1.82, 2.24) is 0 Å². The van der Waals surface area contributed by atoms with Crippen molar-refractivity contribution in [3.8, 4) is 19.5 Å². The molecule has 0 aliphatic heterocycles. The molecular weight excluding hydrogens is 481 g/mol. The molecule has 3 rings (SSSR count). The Balaban J connectivity index is 1.91. The summed E-state index contributed by atoms with van der Waals surface area (Å²) in [5.74, 6) is 0. The highest BCUT2D eigenvalue weighted by Gasteiger charge is 2.20. The lowest BCUT2D eigenvalue weighted by Gasteiger charge is -2.06. The van der Waals surface area contributed by atoms with Crippen molar-refractivity contribution in [3.63, 3.8) is 0 Å². The van der Waals surface area contributed by atoms with E-state index in [4.69, 9.17) is 0 Å².